The van der Waals surface area contributed by atoms with Gasteiger partial charge >= 0.3 is 5.97 Å². The van der Waals surface area contributed by atoms with Crippen LogP contribution in [0.5, 0.6) is 5.75 Å². The lowest BCUT2D eigenvalue weighted by atomic mass is 10.1. The Bertz CT molecular complexity index is 985. The van der Waals surface area contributed by atoms with E-state index in [-0.39, 0.29) is 16.6 Å². The van der Waals surface area contributed by atoms with E-state index in [1.165, 1.54) is 24.3 Å². The molecule has 1 aromatic heterocycles. The maximum atomic E-state index is 12.4. The molecule has 3 rings (SSSR count). The highest BCUT2D eigenvalue weighted by Gasteiger charge is 2.13. The summed E-state index contributed by atoms with van der Waals surface area (Å²) in [6, 6.07) is 12.9. The van der Waals surface area contributed by atoms with Gasteiger partial charge in [0.05, 0.1) is 23.1 Å². The molecule has 0 atom stereocenters. The zero-order valence-corrected chi connectivity index (χ0v) is 14.0. The average Bonchev–Trinajstić information content (AvgIpc) is 2.59. The van der Waals surface area contributed by atoms with Crippen molar-refractivity contribution in [3.05, 3.63) is 64.3 Å². The van der Waals surface area contributed by atoms with Crippen molar-refractivity contribution < 1.29 is 19.1 Å². The molecule has 0 aliphatic rings. The van der Waals surface area contributed by atoms with Gasteiger partial charge in [0.2, 0.25) is 0 Å². The molecule has 2 aromatic carbocycles. The number of carboxylic acids is 1. The largest absolute Gasteiger partial charge is 0.493 e. The summed E-state index contributed by atoms with van der Waals surface area (Å²) in [5.74, 6) is 0.248. The van der Waals surface area contributed by atoms with Crippen molar-refractivity contribution in [3.8, 4) is 17.1 Å². The summed E-state index contributed by atoms with van der Waals surface area (Å²) in [5.41, 5.74) is 0.730. The molecule has 0 amide bonds. The van der Waals surface area contributed by atoms with Gasteiger partial charge in [-0.1, -0.05) is 26.0 Å². The molecule has 0 radical (unpaired) electrons. The van der Waals surface area contributed by atoms with E-state index < -0.39 is 5.97 Å². The third kappa shape index (κ3) is 3.55. The predicted molar refractivity (Wildman–Crippen MR) is 95.2 cm³/mol. The highest BCUT2D eigenvalue weighted by atomic mass is 16.5. The Morgan fingerprint density at radius 2 is 1.92 bits per heavy atom. The lowest BCUT2D eigenvalue weighted by Gasteiger charge is -2.13. The molecule has 5 heteroatoms. The fourth-order valence-electron chi connectivity index (χ4n) is 2.47. The molecule has 0 spiro atoms. The zero-order chi connectivity index (χ0) is 18.0. The van der Waals surface area contributed by atoms with Gasteiger partial charge in [-0.3, -0.25) is 4.79 Å². The molecule has 0 unspecified atom stereocenters. The van der Waals surface area contributed by atoms with Crippen molar-refractivity contribution in [2.75, 3.05) is 6.61 Å². The van der Waals surface area contributed by atoms with Gasteiger partial charge in [-0.05, 0) is 36.2 Å². The summed E-state index contributed by atoms with van der Waals surface area (Å²) in [7, 11) is 0. The Hall–Kier alpha value is -3.08. The second kappa shape index (κ2) is 6.81. The minimum Gasteiger partial charge on any atom is -0.493 e. The molecule has 1 N–H and O–H groups in total. The molecule has 0 saturated carbocycles. The smallest absolute Gasteiger partial charge is 0.335 e. The monoisotopic (exact) mass is 338 g/mol. The third-order valence-electron chi connectivity index (χ3n) is 3.70. The van der Waals surface area contributed by atoms with Crippen LogP contribution >= 0.6 is 0 Å². The number of benzene rings is 2. The number of ether oxygens (including phenoxy) is 1. The van der Waals surface area contributed by atoms with Crippen LogP contribution in [0.15, 0.2) is 57.7 Å². The maximum absolute atomic E-state index is 12.4. The van der Waals surface area contributed by atoms with Crippen molar-refractivity contribution >= 4 is 16.9 Å². The predicted octanol–water partition coefficient (Wildman–Crippen LogP) is 4.19. The molecule has 0 bridgehead atoms. The number of rotatable bonds is 5. The molecule has 128 valence electrons. The van der Waals surface area contributed by atoms with E-state index in [9.17, 15) is 9.59 Å². The first-order valence-corrected chi connectivity index (χ1v) is 7.99. The number of carbonyl (C=O) groups is 1. The van der Waals surface area contributed by atoms with Crippen LogP contribution < -0.4 is 10.2 Å². The minimum atomic E-state index is -1.07. The molecule has 5 nitrogen and oxygen atoms in total. The van der Waals surface area contributed by atoms with Gasteiger partial charge in [0, 0.05) is 6.07 Å². The van der Waals surface area contributed by atoms with Crippen molar-refractivity contribution in [2.24, 2.45) is 5.92 Å². The third-order valence-corrected chi connectivity index (χ3v) is 3.70. The van der Waals surface area contributed by atoms with E-state index in [1.54, 1.807) is 6.07 Å². The number of para-hydroxylation sites is 1. The standard InChI is InChI=1S/C20H18O5/c1-12(2)11-24-17-6-4-3-5-15(17)19-10-16(21)14-8-7-13(20(22)23)9-18(14)25-19/h3-10,12H,11H2,1-2H3,(H,22,23). The van der Waals surface area contributed by atoms with Gasteiger partial charge in [0.1, 0.15) is 17.1 Å². The lowest BCUT2D eigenvalue weighted by molar-refractivity contribution is 0.0697. The molecule has 1 heterocycles. The van der Waals surface area contributed by atoms with Gasteiger partial charge in [-0.15, -0.1) is 0 Å². The summed E-state index contributed by atoms with van der Waals surface area (Å²) in [5, 5.41) is 9.47. The average molecular weight is 338 g/mol. The quantitative estimate of drug-likeness (QED) is 0.755. The highest BCUT2D eigenvalue weighted by Crippen LogP contribution is 2.31. The molecule has 0 aliphatic heterocycles. The lowest BCUT2D eigenvalue weighted by Crippen LogP contribution is -2.06. The van der Waals surface area contributed by atoms with E-state index in [2.05, 4.69) is 0 Å². The van der Waals surface area contributed by atoms with Crippen molar-refractivity contribution in [3.63, 3.8) is 0 Å². The SMILES string of the molecule is CC(C)COc1ccccc1-c1cc(=O)c2ccc(C(=O)O)cc2o1. The Morgan fingerprint density at radius 1 is 1.16 bits per heavy atom. The number of fused-ring (bicyclic) bond motifs is 1. The van der Waals surface area contributed by atoms with Crippen molar-refractivity contribution in [1.82, 2.24) is 0 Å². The summed E-state index contributed by atoms with van der Waals surface area (Å²) in [6.07, 6.45) is 0. The van der Waals surface area contributed by atoms with E-state index >= 15 is 0 Å². The summed E-state index contributed by atoms with van der Waals surface area (Å²) in [6.45, 7) is 4.64. The fraction of sp³-hybridized carbons (Fsp3) is 0.200. The molecular formula is C20H18O5. The van der Waals surface area contributed by atoms with Gasteiger partial charge in [0.15, 0.2) is 5.43 Å². The summed E-state index contributed by atoms with van der Waals surface area (Å²) in [4.78, 5) is 23.5. The highest BCUT2D eigenvalue weighted by molar-refractivity contribution is 5.92. The second-order valence-corrected chi connectivity index (χ2v) is 6.19. The first-order chi connectivity index (χ1) is 12.0. The molecule has 0 saturated heterocycles. The van der Waals surface area contributed by atoms with E-state index in [1.807, 2.05) is 32.0 Å². The van der Waals surface area contributed by atoms with Crippen LogP contribution in [0, 0.1) is 5.92 Å². The van der Waals surface area contributed by atoms with Gasteiger partial charge in [0.25, 0.3) is 0 Å². The second-order valence-electron chi connectivity index (χ2n) is 6.19. The van der Waals surface area contributed by atoms with Gasteiger partial charge < -0.3 is 14.3 Å². The number of hydrogen-bond donors (Lipinski definition) is 1. The van der Waals surface area contributed by atoms with Crippen LogP contribution in [0.1, 0.15) is 24.2 Å². The van der Waals surface area contributed by atoms with E-state index in [0.717, 1.165) is 0 Å². The Balaban J connectivity index is 2.13. The normalized spacial score (nSPS) is 11.0. The molecule has 25 heavy (non-hydrogen) atoms. The van der Waals surface area contributed by atoms with Crippen molar-refractivity contribution in [1.29, 1.82) is 0 Å². The number of carboxylic acid groups (broad SMARTS) is 1. The van der Waals surface area contributed by atoms with E-state index in [0.29, 0.717) is 35.0 Å². The maximum Gasteiger partial charge on any atom is 0.335 e. The van der Waals surface area contributed by atoms with Gasteiger partial charge in [-0.25, -0.2) is 4.79 Å². The van der Waals surface area contributed by atoms with Crippen LogP contribution in [-0.2, 0) is 0 Å². The van der Waals surface area contributed by atoms with Crippen LogP contribution in [0.3, 0.4) is 0 Å². The Morgan fingerprint density at radius 3 is 2.64 bits per heavy atom. The van der Waals surface area contributed by atoms with Gasteiger partial charge in [-0.2, -0.15) is 0 Å². The molecule has 3 aromatic rings. The first-order valence-electron chi connectivity index (χ1n) is 7.99. The number of hydrogen-bond acceptors (Lipinski definition) is 4. The Labute approximate surface area is 144 Å². The van der Waals surface area contributed by atoms with Crippen LogP contribution in [0.25, 0.3) is 22.3 Å². The minimum absolute atomic E-state index is 0.0668. The molecular weight excluding hydrogens is 320 g/mol. The fourth-order valence-corrected chi connectivity index (χ4v) is 2.47. The Kier molecular flexibility index (Phi) is 4.57. The summed E-state index contributed by atoms with van der Waals surface area (Å²) < 4.78 is 11.6. The topological polar surface area (TPSA) is 76.7 Å². The van der Waals surface area contributed by atoms with E-state index in [4.69, 9.17) is 14.3 Å². The zero-order valence-electron chi connectivity index (χ0n) is 14.0. The number of aromatic carboxylic acids is 1. The molecule has 0 fully saturated rings. The molecule has 0 aliphatic carbocycles. The first kappa shape index (κ1) is 16.8. The summed E-state index contributed by atoms with van der Waals surface area (Å²) >= 11 is 0. The van der Waals surface area contributed by atoms with Crippen molar-refractivity contribution in [2.45, 2.75) is 13.8 Å². The van der Waals surface area contributed by atoms with Crippen LogP contribution in [0.4, 0.5) is 0 Å². The van der Waals surface area contributed by atoms with Crippen LogP contribution in [-0.4, -0.2) is 17.7 Å². The van der Waals surface area contributed by atoms with Crippen LogP contribution in [0.2, 0.25) is 0 Å².